The van der Waals surface area contributed by atoms with Gasteiger partial charge in [0.1, 0.15) is 0 Å². The zero-order valence-corrected chi connectivity index (χ0v) is 13.0. The van der Waals surface area contributed by atoms with Gasteiger partial charge in [0.05, 0.1) is 0 Å². The van der Waals surface area contributed by atoms with Crippen LogP contribution in [0.4, 0.5) is 0 Å². The predicted molar refractivity (Wildman–Crippen MR) is 82.0 cm³/mol. The van der Waals surface area contributed by atoms with Crippen molar-refractivity contribution < 1.29 is 0 Å². The minimum absolute atomic E-state index is 0.635. The van der Waals surface area contributed by atoms with Gasteiger partial charge in [-0.25, -0.2) is 0 Å². The van der Waals surface area contributed by atoms with E-state index in [1.807, 2.05) is 0 Å². The molecule has 0 spiro atoms. The van der Waals surface area contributed by atoms with E-state index in [2.05, 4.69) is 59.4 Å². The molecule has 100 valence electrons. The second-order valence-electron chi connectivity index (χ2n) is 5.39. The molecule has 0 aromatic heterocycles. The Morgan fingerprint density at radius 3 is 2.44 bits per heavy atom. The first-order valence-corrected chi connectivity index (χ1v) is 8.03. The molecule has 1 fully saturated rings. The molecule has 0 aliphatic heterocycles. The third-order valence-corrected chi connectivity index (χ3v) is 4.85. The highest BCUT2D eigenvalue weighted by Crippen LogP contribution is 2.34. The van der Waals surface area contributed by atoms with E-state index in [1.54, 1.807) is 0 Å². The third-order valence-electron chi connectivity index (χ3n) is 4.13. The Hall–Kier alpha value is -0.340. The molecular weight excluding hydrogens is 286 g/mol. The molecule has 1 aliphatic rings. The van der Waals surface area contributed by atoms with Crippen LogP contribution in [-0.2, 0) is 0 Å². The molecule has 0 radical (unpaired) electrons. The van der Waals surface area contributed by atoms with Gasteiger partial charge in [0, 0.05) is 23.0 Å². The Labute approximate surface area is 119 Å². The molecule has 2 rings (SSSR count). The number of nitrogens with one attached hydrogen (secondary N) is 1. The summed E-state index contributed by atoms with van der Waals surface area (Å²) in [4.78, 5) is 0. The molecule has 0 heterocycles. The monoisotopic (exact) mass is 309 g/mol. The van der Waals surface area contributed by atoms with Crippen molar-refractivity contribution >= 4 is 15.9 Å². The van der Waals surface area contributed by atoms with Crippen molar-refractivity contribution in [3.05, 3.63) is 34.3 Å². The van der Waals surface area contributed by atoms with Crippen LogP contribution in [0.1, 0.15) is 51.0 Å². The van der Waals surface area contributed by atoms with E-state index in [9.17, 15) is 0 Å². The van der Waals surface area contributed by atoms with Crippen LogP contribution in [0, 0.1) is 5.92 Å². The van der Waals surface area contributed by atoms with Gasteiger partial charge in [0.15, 0.2) is 0 Å². The molecule has 18 heavy (non-hydrogen) atoms. The van der Waals surface area contributed by atoms with E-state index >= 15 is 0 Å². The summed E-state index contributed by atoms with van der Waals surface area (Å²) in [5, 5.41) is 3.71. The first-order chi connectivity index (χ1) is 8.76. The Bertz CT molecular complexity index is 369. The molecule has 1 nitrogen and oxygen atoms in total. The average molecular weight is 310 g/mol. The first-order valence-electron chi connectivity index (χ1n) is 7.24. The normalized spacial score (nSPS) is 17.1. The first kappa shape index (κ1) is 14.1. The van der Waals surface area contributed by atoms with Gasteiger partial charge in [-0.05, 0) is 30.4 Å². The van der Waals surface area contributed by atoms with Crippen molar-refractivity contribution in [2.45, 2.75) is 51.5 Å². The largest absolute Gasteiger partial charge is 0.313 e. The molecule has 1 N–H and O–H groups in total. The highest BCUT2D eigenvalue weighted by atomic mass is 79.9. The molecule has 2 heteroatoms. The highest BCUT2D eigenvalue weighted by molar-refractivity contribution is 9.10. The van der Waals surface area contributed by atoms with E-state index in [-0.39, 0.29) is 0 Å². The lowest BCUT2D eigenvalue weighted by atomic mass is 9.82. The Morgan fingerprint density at radius 1 is 1.22 bits per heavy atom. The van der Waals surface area contributed by atoms with Crippen LogP contribution in [0.25, 0.3) is 0 Å². The Balaban J connectivity index is 2.13. The van der Waals surface area contributed by atoms with E-state index < -0.39 is 0 Å². The van der Waals surface area contributed by atoms with Crippen LogP contribution in [0.2, 0.25) is 0 Å². The molecule has 1 aliphatic carbocycles. The van der Waals surface area contributed by atoms with Crippen LogP contribution in [0.3, 0.4) is 0 Å². The van der Waals surface area contributed by atoms with Crippen molar-refractivity contribution in [1.29, 1.82) is 0 Å². The van der Waals surface area contributed by atoms with E-state index in [0.29, 0.717) is 5.92 Å². The number of hydrogen-bond acceptors (Lipinski definition) is 1. The van der Waals surface area contributed by atoms with Crippen LogP contribution < -0.4 is 5.32 Å². The predicted octanol–water partition coefficient (Wildman–Crippen LogP) is 4.72. The average Bonchev–Trinajstić information content (AvgIpc) is 3.20. The molecule has 0 saturated heterocycles. The fraction of sp³-hybridized carbons (Fsp3) is 0.625. The van der Waals surface area contributed by atoms with Crippen LogP contribution >= 0.6 is 15.9 Å². The molecule has 0 amide bonds. The maximum Gasteiger partial charge on any atom is 0.0210 e. The van der Waals surface area contributed by atoms with E-state index in [1.165, 1.54) is 35.7 Å². The van der Waals surface area contributed by atoms with Gasteiger partial charge in [-0.1, -0.05) is 60.8 Å². The zero-order chi connectivity index (χ0) is 13.0. The Kier molecular flexibility index (Phi) is 5.25. The molecule has 1 saturated carbocycles. The third kappa shape index (κ3) is 3.58. The Morgan fingerprint density at radius 2 is 1.89 bits per heavy atom. The summed E-state index contributed by atoms with van der Waals surface area (Å²) in [6, 6.07) is 9.51. The van der Waals surface area contributed by atoms with Crippen molar-refractivity contribution in [2.75, 3.05) is 6.54 Å². The number of benzene rings is 1. The van der Waals surface area contributed by atoms with Crippen molar-refractivity contribution in [1.82, 2.24) is 5.32 Å². The SMILES string of the molecule is CCC(CC)C(CNC1CC1)c1ccccc1Br. The van der Waals surface area contributed by atoms with Gasteiger partial charge in [0.2, 0.25) is 0 Å². The molecule has 1 aromatic rings. The van der Waals surface area contributed by atoms with Gasteiger partial charge in [-0.15, -0.1) is 0 Å². The van der Waals surface area contributed by atoms with Crippen LogP contribution in [-0.4, -0.2) is 12.6 Å². The lowest BCUT2D eigenvalue weighted by molar-refractivity contribution is 0.378. The smallest absolute Gasteiger partial charge is 0.0210 e. The van der Waals surface area contributed by atoms with Crippen molar-refractivity contribution in [2.24, 2.45) is 5.92 Å². The van der Waals surface area contributed by atoms with Gasteiger partial charge in [0.25, 0.3) is 0 Å². The summed E-state index contributed by atoms with van der Waals surface area (Å²) in [6.45, 7) is 5.75. The standard InChI is InChI=1S/C16H24BrN/c1-3-12(4-2)15(11-18-13-9-10-13)14-7-5-6-8-16(14)17/h5-8,12-13,15,18H,3-4,9-11H2,1-2H3. The highest BCUT2D eigenvalue weighted by Gasteiger charge is 2.26. The molecular formula is C16H24BrN. The van der Waals surface area contributed by atoms with Gasteiger partial charge < -0.3 is 5.32 Å². The van der Waals surface area contributed by atoms with Crippen LogP contribution in [0.5, 0.6) is 0 Å². The summed E-state index contributed by atoms with van der Waals surface area (Å²) < 4.78 is 1.26. The van der Waals surface area contributed by atoms with Gasteiger partial charge in [-0.3, -0.25) is 0 Å². The van der Waals surface area contributed by atoms with Crippen LogP contribution in [0.15, 0.2) is 28.7 Å². The van der Waals surface area contributed by atoms with Crippen molar-refractivity contribution in [3.8, 4) is 0 Å². The summed E-state index contributed by atoms with van der Waals surface area (Å²) >= 11 is 3.72. The minimum atomic E-state index is 0.635. The lowest BCUT2D eigenvalue weighted by Gasteiger charge is -2.27. The molecule has 1 unspecified atom stereocenters. The van der Waals surface area contributed by atoms with Gasteiger partial charge >= 0.3 is 0 Å². The maximum absolute atomic E-state index is 3.72. The maximum atomic E-state index is 3.72. The fourth-order valence-electron chi connectivity index (χ4n) is 2.75. The van der Waals surface area contributed by atoms with E-state index in [0.717, 1.165) is 18.5 Å². The quantitative estimate of drug-likeness (QED) is 0.768. The van der Waals surface area contributed by atoms with E-state index in [4.69, 9.17) is 0 Å². The molecule has 1 atom stereocenters. The molecule has 0 bridgehead atoms. The summed E-state index contributed by atoms with van der Waals surface area (Å²) in [5.41, 5.74) is 1.47. The number of rotatable bonds is 7. The van der Waals surface area contributed by atoms with Crippen molar-refractivity contribution in [3.63, 3.8) is 0 Å². The lowest BCUT2D eigenvalue weighted by Crippen LogP contribution is -2.28. The minimum Gasteiger partial charge on any atom is -0.313 e. The zero-order valence-electron chi connectivity index (χ0n) is 11.5. The van der Waals surface area contributed by atoms with Gasteiger partial charge in [-0.2, -0.15) is 0 Å². The second kappa shape index (κ2) is 6.72. The summed E-state index contributed by atoms with van der Waals surface area (Å²) in [5.74, 6) is 1.41. The molecule has 1 aromatic carbocycles. The second-order valence-corrected chi connectivity index (χ2v) is 6.24. The fourth-order valence-corrected chi connectivity index (χ4v) is 3.32. The number of halogens is 1. The summed E-state index contributed by atoms with van der Waals surface area (Å²) in [6.07, 6.45) is 5.25. The topological polar surface area (TPSA) is 12.0 Å². The summed E-state index contributed by atoms with van der Waals surface area (Å²) in [7, 11) is 0. The number of hydrogen-bond donors (Lipinski definition) is 1.